The number of carbonyl (C=O) groups excluding carboxylic acids is 2. The Morgan fingerprint density at radius 2 is 2.13 bits per heavy atom. The zero-order valence-corrected chi connectivity index (χ0v) is 16.4. The number of rotatable bonds is 5. The number of hydrogen-bond donors (Lipinski definition) is 3. The van der Waals surface area contributed by atoms with E-state index in [0.29, 0.717) is 25.6 Å². The van der Waals surface area contributed by atoms with Crippen molar-refractivity contribution in [1.29, 1.82) is 0 Å². The molecule has 128 valence electrons. The summed E-state index contributed by atoms with van der Waals surface area (Å²) in [6, 6.07) is -0.342. The first-order valence-electron chi connectivity index (χ1n) is 6.97. The molecule has 0 spiro atoms. The van der Waals surface area contributed by atoms with Gasteiger partial charge in [-0.25, -0.2) is 9.78 Å². The van der Waals surface area contributed by atoms with E-state index < -0.39 is 0 Å². The lowest BCUT2D eigenvalue weighted by molar-refractivity contribution is -0.124. The molecule has 1 aromatic rings. The van der Waals surface area contributed by atoms with Crippen LogP contribution in [0, 0.1) is 13.8 Å². The summed E-state index contributed by atoms with van der Waals surface area (Å²) in [7, 11) is 1.67. The maximum absolute atomic E-state index is 11.4. The van der Waals surface area contributed by atoms with Crippen molar-refractivity contribution in [2.45, 2.75) is 20.4 Å². The SMILES string of the molecule is CN=C(NCCN1C(=O)CNC1=O)NCc1sc(C)nc1C.I. The Morgan fingerprint density at radius 3 is 2.65 bits per heavy atom. The Hall–Kier alpha value is -1.43. The summed E-state index contributed by atoms with van der Waals surface area (Å²) < 4.78 is 0. The minimum Gasteiger partial charge on any atom is -0.355 e. The molecule has 1 aromatic heterocycles. The molecule has 8 nitrogen and oxygen atoms in total. The second kappa shape index (κ2) is 9.01. The maximum Gasteiger partial charge on any atom is 0.324 e. The van der Waals surface area contributed by atoms with Crippen LogP contribution in [0.4, 0.5) is 4.79 Å². The molecule has 3 amide bonds. The van der Waals surface area contributed by atoms with E-state index in [0.717, 1.165) is 15.6 Å². The molecule has 1 saturated heterocycles. The number of aromatic nitrogens is 1. The average Bonchev–Trinajstić information content (AvgIpc) is 2.97. The van der Waals surface area contributed by atoms with Crippen molar-refractivity contribution >= 4 is 53.2 Å². The van der Waals surface area contributed by atoms with Gasteiger partial charge >= 0.3 is 6.03 Å². The molecule has 0 aliphatic carbocycles. The van der Waals surface area contributed by atoms with Crippen molar-refractivity contribution in [1.82, 2.24) is 25.8 Å². The number of carbonyl (C=O) groups is 2. The van der Waals surface area contributed by atoms with Gasteiger partial charge in [-0.1, -0.05) is 0 Å². The number of nitrogens with one attached hydrogen (secondary N) is 3. The Bertz CT molecular complexity index is 587. The van der Waals surface area contributed by atoms with Gasteiger partial charge in [0.1, 0.15) is 0 Å². The largest absolute Gasteiger partial charge is 0.355 e. The highest BCUT2D eigenvalue weighted by atomic mass is 127. The smallest absolute Gasteiger partial charge is 0.324 e. The zero-order valence-electron chi connectivity index (χ0n) is 13.3. The van der Waals surface area contributed by atoms with Crippen LogP contribution in [0.25, 0.3) is 0 Å². The Kier molecular flexibility index (Phi) is 7.68. The summed E-state index contributed by atoms with van der Waals surface area (Å²) in [5, 5.41) is 9.80. The van der Waals surface area contributed by atoms with Crippen LogP contribution in [0.15, 0.2) is 4.99 Å². The summed E-state index contributed by atoms with van der Waals surface area (Å²) in [5.74, 6) is 0.419. The Morgan fingerprint density at radius 1 is 1.39 bits per heavy atom. The van der Waals surface area contributed by atoms with Crippen LogP contribution < -0.4 is 16.0 Å². The summed E-state index contributed by atoms with van der Waals surface area (Å²) in [5.41, 5.74) is 1.02. The van der Waals surface area contributed by atoms with Crippen molar-refractivity contribution in [2.24, 2.45) is 4.99 Å². The molecule has 10 heteroatoms. The highest BCUT2D eigenvalue weighted by Crippen LogP contribution is 2.16. The number of halogens is 1. The molecule has 1 fully saturated rings. The van der Waals surface area contributed by atoms with E-state index in [4.69, 9.17) is 0 Å². The molecule has 2 rings (SSSR count). The Balaban J connectivity index is 0.00000264. The molecule has 23 heavy (non-hydrogen) atoms. The lowest BCUT2D eigenvalue weighted by Gasteiger charge is -2.15. The minimum atomic E-state index is -0.342. The van der Waals surface area contributed by atoms with Gasteiger partial charge in [0.05, 0.1) is 23.8 Å². The first-order chi connectivity index (χ1) is 10.5. The van der Waals surface area contributed by atoms with Gasteiger partial charge in [0.15, 0.2) is 5.96 Å². The van der Waals surface area contributed by atoms with Crippen LogP contribution in [-0.2, 0) is 11.3 Å². The number of aryl methyl sites for hydroxylation is 2. The molecular weight excluding hydrogens is 431 g/mol. The number of urea groups is 1. The molecule has 0 atom stereocenters. The lowest BCUT2D eigenvalue weighted by Crippen LogP contribution is -2.43. The first kappa shape index (κ1) is 19.6. The molecule has 1 aliphatic heterocycles. The fourth-order valence-electron chi connectivity index (χ4n) is 2.09. The van der Waals surface area contributed by atoms with Crippen molar-refractivity contribution in [3.8, 4) is 0 Å². The van der Waals surface area contributed by atoms with Gasteiger partial charge in [0.2, 0.25) is 5.91 Å². The van der Waals surface area contributed by atoms with Crippen molar-refractivity contribution in [3.05, 3.63) is 15.6 Å². The standard InChI is InChI=1S/C13H20N6O2S.HI/c1-8-10(22-9(2)18-8)6-16-12(14-3)15-4-5-19-11(20)7-17-13(19)21;/h4-7H2,1-3H3,(H,17,21)(H2,14,15,16);1H. The third kappa shape index (κ3) is 5.30. The van der Waals surface area contributed by atoms with E-state index in [-0.39, 0.29) is 42.5 Å². The maximum atomic E-state index is 11.4. The van der Waals surface area contributed by atoms with E-state index in [1.807, 2.05) is 13.8 Å². The van der Waals surface area contributed by atoms with Crippen LogP contribution >= 0.6 is 35.3 Å². The molecule has 3 N–H and O–H groups in total. The zero-order chi connectivity index (χ0) is 16.1. The van der Waals surface area contributed by atoms with Crippen molar-refractivity contribution in [3.63, 3.8) is 0 Å². The lowest BCUT2D eigenvalue weighted by atomic mass is 10.4. The quantitative estimate of drug-likeness (QED) is 0.263. The van der Waals surface area contributed by atoms with Crippen LogP contribution in [0.3, 0.4) is 0 Å². The van der Waals surface area contributed by atoms with Crippen LogP contribution in [0.2, 0.25) is 0 Å². The van der Waals surface area contributed by atoms with E-state index in [9.17, 15) is 9.59 Å². The molecule has 0 radical (unpaired) electrons. The van der Waals surface area contributed by atoms with Gasteiger partial charge in [-0.05, 0) is 13.8 Å². The summed E-state index contributed by atoms with van der Waals surface area (Å²) in [4.78, 5) is 33.7. The molecule has 1 aliphatic rings. The predicted molar refractivity (Wildman–Crippen MR) is 100 cm³/mol. The minimum absolute atomic E-state index is 0. The summed E-state index contributed by atoms with van der Waals surface area (Å²) >= 11 is 1.65. The topological polar surface area (TPSA) is 98.7 Å². The van der Waals surface area contributed by atoms with Crippen LogP contribution in [-0.4, -0.2) is 54.5 Å². The highest BCUT2D eigenvalue weighted by molar-refractivity contribution is 14.0. The van der Waals surface area contributed by atoms with Crippen LogP contribution in [0.5, 0.6) is 0 Å². The second-order valence-corrected chi connectivity index (χ2v) is 6.09. The predicted octanol–water partition coefficient (Wildman–Crippen LogP) is 0.595. The average molecular weight is 452 g/mol. The number of thiazole rings is 1. The monoisotopic (exact) mass is 452 g/mol. The van der Waals surface area contributed by atoms with Gasteiger partial charge in [0, 0.05) is 25.0 Å². The fraction of sp³-hybridized carbons (Fsp3) is 0.538. The normalized spacial score (nSPS) is 14.6. The first-order valence-corrected chi connectivity index (χ1v) is 7.78. The third-order valence-electron chi connectivity index (χ3n) is 3.20. The third-order valence-corrected chi connectivity index (χ3v) is 4.28. The molecule has 0 unspecified atom stereocenters. The molecule has 2 heterocycles. The van der Waals surface area contributed by atoms with Crippen molar-refractivity contribution < 1.29 is 9.59 Å². The van der Waals surface area contributed by atoms with Gasteiger partial charge in [-0.3, -0.25) is 14.7 Å². The van der Waals surface area contributed by atoms with Gasteiger partial charge in [-0.2, -0.15) is 0 Å². The van der Waals surface area contributed by atoms with Gasteiger partial charge in [0.25, 0.3) is 0 Å². The number of amides is 3. The van der Waals surface area contributed by atoms with E-state index in [1.54, 1.807) is 18.4 Å². The molecule has 0 saturated carbocycles. The molecule has 0 bridgehead atoms. The summed E-state index contributed by atoms with van der Waals surface area (Å²) in [6.45, 7) is 5.43. The van der Waals surface area contributed by atoms with E-state index in [1.165, 1.54) is 4.90 Å². The van der Waals surface area contributed by atoms with Gasteiger partial charge in [-0.15, -0.1) is 35.3 Å². The second-order valence-electron chi connectivity index (χ2n) is 4.80. The number of imide groups is 1. The number of guanidine groups is 1. The van der Waals surface area contributed by atoms with E-state index >= 15 is 0 Å². The molecule has 0 aromatic carbocycles. The molecular formula is C13H21IN6O2S. The van der Waals surface area contributed by atoms with Crippen LogP contribution in [0.1, 0.15) is 15.6 Å². The summed E-state index contributed by atoms with van der Waals surface area (Å²) in [6.07, 6.45) is 0. The van der Waals surface area contributed by atoms with E-state index in [2.05, 4.69) is 25.9 Å². The Labute approximate surface area is 156 Å². The van der Waals surface area contributed by atoms with Crippen molar-refractivity contribution in [2.75, 3.05) is 26.7 Å². The van der Waals surface area contributed by atoms with Gasteiger partial charge < -0.3 is 16.0 Å². The number of aliphatic imine (C=N–C) groups is 1. The number of hydrogen-bond acceptors (Lipinski definition) is 5. The highest BCUT2D eigenvalue weighted by Gasteiger charge is 2.27. The number of nitrogens with zero attached hydrogens (tertiary/aromatic N) is 3. The fourth-order valence-corrected chi connectivity index (χ4v) is 2.97.